The van der Waals surface area contributed by atoms with Crippen LogP contribution in [-0.2, 0) is 9.53 Å². The van der Waals surface area contributed by atoms with E-state index in [0.717, 1.165) is 19.3 Å². The lowest BCUT2D eigenvalue weighted by Crippen LogP contribution is -2.36. The summed E-state index contributed by atoms with van der Waals surface area (Å²) in [4.78, 5) is 11.0. The van der Waals surface area contributed by atoms with Gasteiger partial charge in [-0.1, -0.05) is 12.8 Å². The van der Waals surface area contributed by atoms with Crippen molar-refractivity contribution in [1.82, 2.24) is 5.32 Å². The van der Waals surface area contributed by atoms with Gasteiger partial charge in [-0.05, 0) is 25.3 Å². The van der Waals surface area contributed by atoms with Crippen LogP contribution in [0.25, 0.3) is 0 Å². The number of alkyl halides is 3. The van der Waals surface area contributed by atoms with Crippen LogP contribution in [0, 0.1) is 11.8 Å². The Labute approximate surface area is 110 Å². The zero-order valence-corrected chi connectivity index (χ0v) is 10.7. The van der Waals surface area contributed by atoms with Crippen LogP contribution in [0.3, 0.4) is 0 Å². The lowest BCUT2D eigenvalue weighted by molar-refractivity contribution is -0.173. The van der Waals surface area contributed by atoms with E-state index in [-0.39, 0.29) is 18.4 Å². The van der Waals surface area contributed by atoms with Gasteiger partial charge in [0, 0.05) is 6.54 Å². The maximum atomic E-state index is 11.8. The summed E-state index contributed by atoms with van der Waals surface area (Å²) in [6.45, 7) is -0.439. The number of hydrogen-bond acceptors (Lipinski definition) is 3. The molecule has 1 aliphatic rings. The van der Waals surface area contributed by atoms with Gasteiger partial charge in [-0.25, -0.2) is 0 Å². The summed E-state index contributed by atoms with van der Waals surface area (Å²) in [7, 11) is 0. The number of halogens is 3. The number of nitrogens with one attached hydrogen (secondary N) is 1. The summed E-state index contributed by atoms with van der Waals surface area (Å²) >= 11 is 0. The van der Waals surface area contributed by atoms with Crippen molar-refractivity contribution < 1.29 is 27.8 Å². The summed E-state index contributed by atoms with van der Waals surface area (Å²) < 4.78 is 39.8. The second-order valence-electron chi connectivity index (χ2n) is 4.86. The van der Waals surface area contributed by atoms with Gasteiger partial charge in [-0.2, -0.15) is 13.2 Å². The van der Waals surface area contributed by atoms with Crippen molar-refractivity contribution in [2.24, 2.45) is 11.8 Å². The molecule has 0 saturated heterocycles. The average Bonchev–Trinajstić information content (AvgIpc) is 2.32. The average molecular weight is 283 g/mol. The zero-order valence-electron chi connectivity index (χ0n) is 10.7. The molecule has 0 aromatic carbocycles. The molecule has 0 aromatic rings. The van der Waals surface area contributed by atoms with E-state index in [4.69, 9.17) is 5.11 Å². The lowest BCUT2D eigenvalue weighted by atomic mass is 9.79. The molecule has 1 saturated carbocycles. The third kappa shape index (κ3) is 6.77. The van der Waals surface area contributed by atoms with Gasteiger partial charge in [0.05, 0.1) is 12.5 Å². The number of hydrogen-bond donors (Lipinski definition) is 2. The minimum Gasteiger partial charge on any atom is -0.481 e. The Balaban J connectivity index is 2.12. The van der Waals surface area contributed by atoms with Crippen molar-refractivity contribution >= 4 is 5.97 Å². The molecule has 2 N–H and O–H groups in total. The molecule has 19 heavy (non-hydrogen) atoms. The summed E-state index contributed by atoms with van der Waals surface area (Å²) in [6, 6.07) is 0. The molecule has 7 heteroatoms. The molecule has 1 rings (SSSR count). The van der Waals surface area contributed by atoms with Gasteiger partial charge in [0.15, 0.2) is 0 Å². The fourth-order valence-corrected chi connectivity index (χ4v) is 2.40. The van der Waals surface area contributed by atoms with Crippen LogP contribution in [0.4, 0.5) is 13.2 Å². The first-order valence-electron chi connectivity index (χ1n) is 6.48. The maximum Gasteiger partial charge on any atom is 0.411 e. The van der Waals surface area contributed by atoms with Crippen LogP contribution in [-0.4, -0.2) is 43.6 Å². The van der Waals surface area contributed by atoms with Gasteiger partial charge >= 0.3 is 12.1 Å². The predicted molar refractivity (Wildman–Crippen MR) is 62.8 cm³/mol. The van der Waals surface area contributed by atoms with Crippen molar-refractivity contribution in [1.29, 1.82) is 0 Å². The third-order valence-corrected chi connectivity index (χ3v) is 3.32. The molecule has 0 bridgehead atoms. The van der Waals surface area contributed by atoms with Gasteiger partial charge < -0.3 is 15.2 Å². The van der Waals surface area contributed by atoms with E-state index in [9.17, 15) is 18.0 Å². The van der Waals surface area contributed by atoms with Crippen molar-refractivity contribution in [3.05, 3.63) is 0 Å². The van der Waals surface area contributed by atoms with E-state index >= 15 is 0 Å². The van der Waals surface area contributed by atoms with Gasteiger partial charge in [0.1, 0.15) is 6.61 Å². The van der Waals surface area contributed by atoms with E-state index in [1.165, 1.54) is 0 Å². The Bertz CT molecular complexity index is 284. The van der Waals surface area contributed by atoms with Gasteiger partial charge in [-0.3, -0.25) is 4.79 Å². The van der Waals surface area contributed by atoms with Crippen LogP contribution in [0.1, 0.15) is 25.7 Å². The third-order valence-electron chi connectivity index (χ3n) is 3.32. The van der Waals surface area contributed by atoms with Gasteiger partial charge in [0.2, 0.25) is 0 Å². The molecule has 112 valence electrons. The first-order valence-corrected chi connectivity index (χ1v) is 6.48. The van der Waals surface area contributed by atoms with E-state index in [2.05, 4.69) is 10.1 Å². The molecule has 0 heterocycles. The second-order valence-corrected chi connectivity index (χ2v) is 4.86. The highest BCUT2D eigenvalue weighted by Crippen LogP contribution is 2.29. The van der Waals surface area contributed by atoms with Crippen LogP contribution < -0.4 is 5.32 Å². The fourth-order valence-electron chi connectivity index (χ4n) is 2.40. The Morgan fingerprint density at radius 1 is 1.32 bits per heavy atom. The largest absolute Gasteiger partial charge is 0.481 e. The first kappa shape index (κ1) is 16.2. The monoisotopic (exact) mass is 283 g/mol. The number of ether oxygens (including phenoxy) is 1. The molecule has 0 aliphatic heterocycles. The van der Waals surface area contributed by atoms with Gasteiger partial charge in [-0.15, -0.1) is 0 Å². The molecule has 0 aromatic heterocycles. The molecule has 1 fully saturated rings. The fraction of sp³-hybridized carbons (Fsp3) is 0.917. The van der Waals surface area contributed by atoms with E-state index in [0.29, 0.717) is 19.5 Å². The van der Waals surface area contributed by atoms with E-state index in [1.807, 2.05) is 0 Å². The Morgan fingerprint density at radius 3 is 2.63 bits per heavy atom. The second kappa shape index (κ2) is 7.69. The predicted octanol–water partition coefficient (Wildman–Crippen LogP) is 2.05. The lowest BCUT2D eigenvalue weighted by Gasteiger charge is -2.28. The number of carboxylic acid groups (broad SMARTS) is 1. The highest BCUT2D eigenvalue weighted by Gasteiger charge is 2.30. The minimum absolute atomic E-state index is 0.0238. The van der Waals surface area contributed by atoms with E-state index in [1.54, 1.807) is 0 Å². The molecule has 0 radical (unpaired) electrons. The normalized spacial score (nSPS) is 24.4. The Hall–Kier alpha value is -0.820. The number of aliphatic carboxylic acids is 1. The highest BCUT2D eigenvalue weighted by molar-refractivity contribution is 5.70. The van der Waals surface area contributed by atoms with Crippen LogP contribution >= 0.6 is 0 Å². The Kier molecular flexibility index (Phi) is 6.57. The van der Waals surface area contributed by atoms with Crippen molar-refractivity contribution in [3.63, 3.8) is 0 Å². The smallest absolute Gasteiger partial charge is 0.411 e. The minimum atomic E-state index is -4.29. The molecule has 1 aliphatic carbocycles. The molecule has 2 unspecified atom stereocenters. The van der Waals surface area contributed by atoms with Crippen molar-refractivity contribution in [2.75, 3.05) is 26.3 Å². The molecule has 0 spiro atoms. The number of rotatable bonds is 7. The van der Waals surface area contributed by atoms with Crippen LogP contribution in [0.15, 0.2) is 0 Å². The van der Waals surface area contributed by atoms with Gasteiger partial charge in [0.25, 0.3) is 0 Å². The highest BCUT2D eigenvalue weighted by atomic mass is 19.4. The first-order chi connectivity index (χ1) is 8.90. The standard InChI is InChI=1S/C12H20F3NO3/c13-12(14,15)8-19-6-5-16-7-9-3-1-2-4-10(9)11(17)18/h9-10,16H,1-8H2,(H,17,18). The van der Waals surface area contributed by atoms with Crippen LogP contribution in [0.5, 0.6) is 0 Å². The topological polar surface area (TPSA) is 58.6 Å². The zero-order chi connectivity index (χ0) is 14.3. The quantitative estimate of drug-likeness (QED) is 0.702. The summed E-state index contributed by atoms with van der Waals surface area (Å²) in [6.07, 6.45) is -0.805. The molecular weight excluding hydrogens is 263 g/mol. The number of carbonyl (C=O) groups is 1. The maximum absolute atomic E-state index is 11.8. The summed E-state index contributed by atoms with van der Waals surface area (Å²) in [5, 5.41) is 12.0. The molecule has 4 nitrogen and oxygen atoms in total. The molecule has 2 atom stereocenters. The Morgan fingerprint density at radius 2 is 2.00 bits per heavy atom. The summed E-state index contributed by atoms with van der Waals surface area (Å²) in [5.41, 5.74) is 0. The SMILES string of the molecule is O=C(O)C1CCCCC1CNCCOCC(F)(F)F. The molecular formula is C12H20F3NO3. The van der Waals surface area contributed by atoms with Crippen molar-refractivity contribution in [3.8, 4) is 0 Å². The van der Waals surface area contributed by atoms with E-state index < -0.39 is 18.8 Å². The summed E-state index contributed by atoms with van der Waals surface area (Å²) in [5.74, 6) is -1.05. The molecule has 0 amide bonds. The van der Waals surface area contributed by atoms with Crippen LogP contribution in [0.2, 0.25) is 0 Å². The number of carboxylic acids is 1. The van der Waals surface area contributed by atoms with Crippen molar-refractivity contribution in [2.45, 2.75) is 31.9 Å².